The number of carbonyl (C=O) groups excluding carboxylic acids is 2. The van der Waals surface area contributed by atoms with E-state index >= 15 is 0 Å². The van der Waals surface area contributed by atoms with E-state index in [4.69, 9.17) is 9.47 Å². The first-order valence-corrected chi connectivity index (χ1v) is 8.30. The molecule has 0 bridgehead atoms. The number of rotatable bonds is 5. The average molecular weight is 352 g/mol. The van der Waals surface area contributed by atoms with Crippen molar-refractivity contribution < 1.29 is 19.1 Å². The van der Waals surface area contributed by atoms with E-state index < -0.39 is 11.9 Å². The van der Waals surface area contributed by atoms with E-state index in [9.17, 15) is 9.59 Å². The number of hydrogen-bond acceptors (Lipinski definition) is 4. The van der Waals surface area contributed by atoms with Crippen LogP contribution < -0.4 is 10.1 Å². The van der Waals surface area contributed by atoms with Crippen molar-refractivity contribution in [1.29, 1.82) is 0 Å². The number of carbonyl (C=O) groups is 2. The van der Waals surface area contributed by atoms with Crippen LogP contribution in [-0.2, 0) is 20.9 Å². The highest BCUT2D eigenvalue weighted by Crippen LogP contribution is 2.22. The van der Waals surface area contributed by atoms with Crippen LogP contribution in [0.2, 0.25) is 0 Å². The van der Waals surface area contributed by atoms with Gasteiger partial charge in [0, 0.05) is 18.4 Å². The summed E-state index contributed by atoms with van der Waals surface area (Å²) in [4.78, 5) is 23.3. The predicted molar refractivity (Wildman–Crippen MR) is 99.3 cm³/mol. The van der Waals surface area contributed by atoms with Gasteiger partial charge >= 0.3 is 11.9 Å². The first-order valence-electron chi connectivity index (χ1n) is 8.30. The number of nitrogens with zero attached hydrogens (tertiary/aromatic N) is 1. The fraction of sp³-hybridized carbons (Fsp3) is 0.200. The number of esters is 1. The first-order chi connectivity index (χ1) is 12.6. The molecule has 6 heteroatoms. The fourth-order valence-electron chi connectivity index (χ4n) is 2.75. The van der Waals surface area contributed by atoms with Crippen molar-refractivity contribution in [2.24, 2.45) is 0 Å². The summed E-state index contributed by atoms with van der Waals surface area (Å²) in [5.74, 6) is -0.863. The Bertz CT molecular complexity index is 946. The normalized spacial score (nSPS) is 10.5. The summed E-state index contributed by atoms with van der Waals surface area (Å²) in [6, 6.07) is 15.4. The molecule has 3 aromatic rings. The molecule has 26 heavy (non-hydrogen) atoms. The Morgan fingerprint density at radius 2 is 1.96 bits per heavy atom. The van der Waals surface area contributed by atoms with Crippen LogP contribution in [0.15, 0.2) is 54.7 Å². The molecule has 3 rings (SSSR count). The number of anilines is 1. The number of amides is 1. The van der Waals surface area contributed by atoms with E-state index in [0.717, 1.165) is 22.2 Å². The van der Waals surface area contributed by atoms with Crippen LogP contribution in [0.3, 0.4) is 0 Å². The van der Waals surface area contributed by atoms with Gasteiger partial charge in [0.05, 0.1) is 19.2 Å². The number of fused-ring (bicyclic) bond motifs is 1. The second-order valence-corrected chi connectivity index (χ2v) is 5.74. The van der Waals surface area contributed by atoms with Gasteiger partial charge in [-0.05, 0) is 48.2 Å². The lowest BCUT2D eigenvalue weighted by molar-refractivity contribution is -0.152. The number of ether oxygens (including phenoxy) is 2. The molecule has 0 aliphatic carbocycles. The minimum absolute atomic E-state index is 0.161. The first kappa shape index (κ1) is 17.5. The van der Waals surface area contributed by atoms with E-state index in [1.54, 1.807) is 20.1 Å². The van der Waals surface area contributed by atoms with Gasteiger partial charge in [0.1, 0.15) is 5.75 Å². The SMILES string of the molecule is CCOC(=O)C(=O)Nc1ccc2ccn(Cc3cccc(OC)c3)c2c1. The Balaban J connectivity index is 1.83. The molecule has 0 unspecified atom stereocenters. The van der Waals surface area contributed by atoms with Crippen molar-refractivity contribution in [3.63, 3.8) is 0 Å². The van der Waals surface area contributed by atoms with Crippen molar-refractivity contribution in [3.8, 4) is 5.75 Å². The molecule has 0 saturated carbocycles. The summed E-state index contributed by atoms with van der Waals surface area (Å²) in [7, 11) is 1.64. The highest BCUT2D eigenvalue weighted by molar-refractivity contribution is 6.37. The van der Waals surface area contributed by atoms with Crippen LogP contribution in [0.5, 0.6) is 5.75 Å². The lowest BCUT2D eigenvalue weighted by Gasteiger charge is -2.09. The van der Waals surface area contributed by atoms with Gasteiger partial charge in [-0.2, -0.15) is 0 Å². The summed E-state index contributed by atoms with van der Waals surface area (Å²) in [6.07, 6.45) is 1.99. The van der Waals surface area contributed by atoms with Crippen molar-refractivity contribution >= 4 is 28.5 Å². The molecule has 1 aromatic heterocycles. The summed E-state index contributed by atoms with van der Waals surface area (Å²) in [6.45, 7) is 2.48. The zero-order valence-corrected chi connectivity index (χ0v) is 14.7. The second kappa shape index (κ2) is 7.74. The van der Waals surface area contributed by atoms with Crippen LogP contribution in [0.25, 0.3) is 10.9 Å². The van der Waals surface area contributed by atoms with E-state index in [1.165, 1.54) is 0 Å². The molecule has 2 aromatic carbocycles. The molecular formula is C20H20N2O4. The fourth-order valence-corrected chi connectivity index (χ4v) is 2.75. The van der Waals surface area contributed by atoms with E-state index in [-0.39, 0.29) is 6.61 Å². The Labute approximate surface area is 151 Å². The van der Waals surface area contributed by atoms with Crippen LogP contribution in [0.1, 0.15) is 12.5 Å². The summed E-state index contributed by atoms with van der Waals surface area (Å²) < 4.78 is 12.0. The Morgan fingerprint density at radius 1 is 1.12 bits per heavy atom. The number of hydrogen-bond donors (Lipinski definition) is 1. The standard InChI is InChI=1S/C20H20N2O4/c1-3-26-20(24)19(23)21-16-8-7-15-9-10-22(18(15)12-16)13-14-5-4-6-17(11-14)25-2/h4-12H,3,13H2,1-2H3,(H,21,23). The zero-order valence-electron chi connectivity index (χ0n) is 14.7. The van der Waals surface area contributed by atoms with Crippen LogP contribution in [-0.4, -0.2) is 30.2 Å². The number of aromatic nitrogens is 1. The van der Waals surface area contributed by atoms with Crippen molar-refractivity contribution in [1.82, 2.24) is 4.57 Å². The number of benzene rings is 2. The molecule has 0 saturated heterocycles. The lowest BCUT2D eigenvalue weighted by Crippen LogP contribution is -2.24. The average Bonchev–Trinajstić information content (AvgIpc) is 3.04. The second-order valence-electron chi connectivity index (χ2n) is 5.74. The molecule has 1 heterocycles. The molecule has 134 valence electrons. The third-order valence-electron chi connectivity index (χ3n) is 3.98. The third kappa shape index (κ3) is 3.85. The minimum atomic E-state index is -0.889. The van der Waals surface area contributed by atoms with Gasteiger partial charge in [-0.3, -0.25) is 4.79 Å². The van der Waals surface area contributed by atoms with Crippen molar-refractivity contribution in [3.05, 3.63) is 60.3 Å². The maximum absolute atomic E-state index is 11.8. The monoisotopic (exact) mass is 352 g/mol. The number of nitrogens with one attached hydrogen (secondary N) is 1. The molecule has 0 radical (unpaired) electrons. The van der Waals surface area contributed by atoms with Gasteiger partial charge in [-0.25, -0.2) is 4.79 Å². The van der Waals surface area contributed by atoms with Crippen LogP contribution in [0.4, 0.5) is 5.69 Å². The zero-order chi connectivity index (χ0) is 18.5. The van der Waals surface area contributed by atoms with Crippen molar-refractivity contribution in [2.45, 2.75) is 13.5 Å². The summed E-state index contributed by atoms with van der Waals surface area (Å²) >= 11 is 0. The topological polar surface area (TPSA) is 69.6 Å². The quantitative estimate of drug-likeness (QED) is 0.565. The lowest BCUT2D eigenvalue weighted by atomic mass is 10.2. The molecule has 0 atom stereocenters. The maximum atomic E-state index is 11.8. The predicted octanol–water partition coefficient (Wildman–Crippen LogP) is 3.20. The molecule has 0 spiro atoms. The van der Waals surface area contributed by atoms with Gasteiger partial charge in [0.15, 0.2) is 0 Å². The van der Waals surface area contributed by atoms with Crippen LogP contribution in [0, 0.1) is 0 Å². The largest absolute Gasteiger partial charge is 0.497 e. The van der Waals surface area contributed by atoms with Gasteiger partial charge in [-0.15, -0.1) is 0 Å². The smallest absolute Gasteiger partial charge is 0.397 e. The summed E-state index contributed by atoms with van der Waals surface area (Å²) in [5, 5.41) is 3.61. The number of methoxy groups -OCH3 is 1. The van der Waals surface area contributed by atoms with Crippen LogP contribution >= 0.6 is 0 Å². The van der Waals surface area contributed by atoms with Gasteiger partial charge in [-0.1, -0.05) is 18.2 Å². The van der Waals surface area contributed by atoms with Crippen molar-refractivity contribution in [2.75, 3.05) is 19.0 Å². The molecule has 0 aliphatic heterocycles. The van der Waals surface area contributed by atoms with E-state index in [0.29, 0.717) is 12.2 Å². The molecule has 1 N–H and O–H groups in total. The Kier molecular flexibility index (Phi) is 5.22. The van der Waals surface area contributed by atoms with Gasteiger partial charge in [0.25, 0.3) is 0 Å². The van der Waals surface area contributed by atoms with E-state index in [1.807, 2.05) is 48.7 Å². The Hall–Kier alpha value is -3.28. The van der Waals surface area contributed by atoms with Gasteiger partial charge < -0.3 is 19.4 Å². The molecule has 0 fully saturated rings. The molecule has 0 aliphatic rings. The minimum Gasteiger partial charge on any atom is -0.497 e. The van der Waals surface area contributed by atoms with E-state index in [2.05, 4.69) is 9.88 Å². The Morgan fingerprint density at radius 3 is 2.73 bits per heavy atom. The molecule has 1 amide bonds. The maximum Gasteiger partial charge on any atom is 0.397 e. The molecular weight excluding hydrogens is 332 g/mol. The third-order valence-corrected chi connectivity index (χ3v) is 3.98. The summed E-state index contributed by atoms with van der Waals surface area (Å²) in [5.41, 5.74) is 2.60. The highest BCUT2D eigenvalue weighted by atomic mass is 16.5. The van der Waals surface area contributed by atoms with Gasteiger partial charge in [0.2, 0.25) is 0 Å². The molecule has 6 nitrogen and oxygen atoms in total. The highest BCUT2D eigenvalue weighted by Gasteiger charge is 2.15.